The Morgan fingerprint density at radius 1 is 1.08 bits per heavy atom. The number of hydrogen-bond acceptors (Lipinski definition) is 2. The van der Waals surface area contributed by atoms with Crippen LogP contribution in [0.2, 0.25) is 0 Å². The van der Waals surface area contributed by atoms with Gasteiger partial charge in [0.2, 0.25) is 0 Å². The van der Waals surface area contributed by atoms with Crippen LogP contribution in [0.5, 0.6) is 5.75 Å². The third-order valence-corrected chi connectivity index (χ3v) is 5.24. The molecule has 1 fully saturated rings. The van der Waals surface area contributed by atoms with Gasteiger partial charge < -0.3 is 20.1 Å². The van der Waals surface area contributed by atoms with E-state index in [2.05, 4.69) is 42.6 Å². The summed E-state index contributed by atoms with van der Waals surface area (Å²) in [7, 11) is 0. The van der Waals surface area contributed by atoms with E-state index in [0.717, 1.165) is 12.3 Å². The highest BCUT2D eigenvalue weighted by atomic mass is 16.5. The second-order valence-electron chi connectivity index (χ2n) is 7.50. The molecule has 1 heterocycles. The lowest BCUT2D eigenvalue weighted by atomic mass is 10.0. The smallest absolute Gasteiger partial charge is 0.137 e. The fraction of sp³-hybridized carbons (Fsp3) is 0.455. The maximum atomic E-state index is 10.2. The zero-order valence-corrected chi connectivity index (χ0v) is 15.7. The highest BCUT2D eigenvalue weighted by molar-refractivity contribution is 5.26. The zero-order chi connectivity index (χ0) is 18.2. The number of quaternary nitrogens is 2. The summed E-state index contributed by atoms with van der Waals surface area (Å²) in [5.74, 6) is 0.826. The van der Waals surface area contributed by atoms with Gasteiger partial charge in [-0.05, 0) is 19.1 Å². The van der Waals surface area contributed by atoms with Gasteiger partial charge in [-0.2, -0.15) is 0 Å². The summed E-state index contributed by atoms with van der Waals surface area (Å²) < 4.78 is 5.67. The van der Waals surface area contributed by atoms with E-state index in [1.807, 2.05) is 24.3 Å². The van der Waals surface area contributed by atoms with Crippen LogP contribution in [-0.4, -0.2) is 43.5 Å². The highest BCUT2D eigenvalue weighted by Gasteiger charge is 2.25. The molecule has 1 saturated heterocycles. The van der Waals surface area contributed by atoms with Crippen LogP contribution in [0.4, 0.5) is 0 Å². The molecular formula is C22H32N2O2+2. The molecule has 2 aromatic rings. The molecule has 0 unspecified atom stereocenters. The molecule has 0 aromatic heterocycles. The number of nitrogens with one attached hydrogen (secondary N) is 1. The van der Waals surface area contributed by atoms with E-state index in [4.69, 9.17) is 4.74 Å². The van der Waals surface area contributed by atoms with E-state index < -0.39 is 6.10 Å². The van der Waals surface area contributed by atoms with Crippen LogP contribution in [0.15, 0.2) is 54.6 Å². The molecule has 0 bridgehead atoms. The van der Waals surface area contributed by atoms with Gasteiger partial charge in [0.1, 0.15) is 31.5 Å². The van der Waals surface area contributed by atoms with Crippen molar-refractivity contribution in [3.63, 3.8) is 0 Å². The largest absolute Gasteiger partial charge is 0.491 e. The highest BCUT2D eigenvalue weighted by Crippen LogP contribution is 2.11. The van der Waals surface area contributed by atoms with Gasteiger partial charge in [0.15, 0.2) is 0 Å². The van der Waals surface area contributed by atoms with Crippen LogP contribution in [0, 0.1) is 6.92 Å². The van der Waals surface area contributed by atoms with Crippen molar-refractivity contribution in [2.24, 2.45) is 0 Å². The topological polar surface area (TPSA) is 50.5 Å². The van der Waals surface area contributed by atoms with Crippen molar-refractivity contribution in [3.8, 4) is 5.75 Å². The molecule has 0 radical (unpaired) electrons. The Balaban J connectivity index is 1.31. The molecule has 140 valence electrons. The summed E-state index contributed by atoms with van der Waals surface area (Å²) in [5.41, 5.74) is 2.64. The zero-order valence-electron chi connectivity index (χ0n) is 15.7. The van der Waals surface area contributed by atoms with Gasteiger partial charge in [-0.3, -0.25) is 0 Å². The molecule has 0 aliphatic carbocycles. The van der Waals surface area contributed by atoms with Crippen LogP contribution in [0.1, 0.15) is 24.0 Å². The summed E-state index contributed by atoms with van der Waals surface area (Å²) in [6.07, 6.45) is 2.01. The van der Waals surface area contributed by atoms with Crippen LogP contribution in [0.3, 0.4) is 0 Å². The molecule has 4 heteroatoms. The summed E-state index contributed by atoms with van der Waals surface area (Å²) in [6.45, 7) is 6.68. The van der Waals surface area contributed by atoms with E-state index >= 15 is 0 Å². The molecule has 2 aromatic carbocycles. The molecule has 1 aliphatic heterocycles. The Labute approximate surface area is 156 Å². The van der Waals surface area contributed by atoms with Crippen LogP contribution >= 0.6 is 0 Å². The third kappa shape index (κ3) is 6.13. The van der Waals surface area contributed by atoms with Gasteiger partial charge in [-0.15, -0.1) is 0 Å². The third-order valence-electron chi connectivity index (χ3n) is 5.24. The molecule has 0 saturated carbocycles. The first kappa shape index (κ1) is 18.9. The van der Waals surface area contributed by atoms with E-state index in [1.54, 1.807) is 4.90 Å². The van der Waals surface area contributed by atoms with Crippen LogP contribution < -0.4 is 15.0 Å². The Hall–Kier alpha value is -1.88. The number of benzene rings is 2. The Kier molecular flexibility index (Phi) is 7.06. The number of aliphatic hydroxyl groups excluding tert-OH is 1. The maximum absolute atomic E-state index is 10.2. The number of ether oxygens (including phenoxy) is 1. The second-order valence-corrected chi connectivity index (χ2v) is 7.50. The molecule has 0 spiro atoms. The average molecular weight is 357 g/mol. The SMILES string of the molecule is Cc1ccc(OC[C@H](O)C[NH2+]C2CC[NH+](Cc3ccccc3)CC2)cc1. The summed E-state index contributed by atoms with van der Waals surface area (Å²) in [6, 6.07) is 19.3. The predicted octanol–water partition coefficient (Wildman–Crippen LogP) is 0.546. The number of hydrogen-bond donors (Lipinski definition) is 3. The number of likely N-dealkylation sites (tertiary alicyclic amines) is 1. The number of nitrogens with two attached hydrogens (primary N) is 1. The fourth-order valence-electron chi connectivity index (χ4n) is 3.59. The predicted molar refractivity (Wildman–Crippen MR) is 103 cm³/mol. The first-order valence-electron chi connectivity index (χ1n) is 9.77. The summed E-state index contributed by atoms with van der Waals surface area (Å²) in [4.78, 5) is 1.67. The Bertz CT molecular complexity index is 637. The standard InChI is InChI=1S/C22H30N2O2/c1-18-7-9-22(10-8-18)26-17-21(25)15-23-20-11-13-24(14-12-20)16-19-5-3-2-4-6-19/h2-10,20-21,23,25H,11-17H2,1H3/p+2/t21-/m1/s1. The molecule has 1 atom stereocenters. The first-order chi connectivity index (χ1) is 12.7. The minimum absolute atomic E-state index is 0.359. The lowest BCUT2D eigenvalue weighted by molar-refractivity contribution is -0.926. The van der Waals surface area contributed by atoms with Crippen molar-refractivity contribution in [1.82, 2.24) is 0 Å². The lowest BCUT2D eigenvalue weighted by Gasteiger charge is -2.28. The first-order valence-corrected chi connectivity index (χ1v) is 9.77. The number of aryl methyl sites for hydroxylation is 1. The molecule has 4 nitrogen and oxygen atoms in total. The van der Waals surface area contributed by atoms with Crippen molar-refractivity contribution in [2.75, 3.05) is 26.2 Å². The van der Waals surface area contributed by atoms with Gasteiger partial charge in [0, 0.05) is 18.4 Å². The lowest BCUT2D eigenvalue weighted by Crippen LogP contribution is -3.13. The molecule has 1 aliphatic rings. The number of piperidine rings is 1. The van der Waals surface area contributed by atoms with Crippen molar-refractivity contribution >= 4 is 0 Å². The van der Waals surface area contributed by atoms with Crippen molar-refractivity contribution in [1.29, 1.82) is 0 Å². The monoisotopic (exact) mass is 356 g/mol. The van der Waals surface area contributed by atoms with Crippen molar-refractivity contribution in [2.45, 2.75) is 38.5 Å². The number of aliphatic hydroxyl groups is 1. The maximum Gasteiger partial charge on any atom is 0.137 e. The van der Waals surface area contributed by atoms with Crippen LogP contribution in [0.25, 0.3) is 0 Å². The summed E-state index contributed by atoms with van der Waals surface area (Å²) in [5, 5.41) is 12.5. The normalized spacial score (nSPS) is 21.3. The molecule has 26 heavy (non-hydrogen) atoms. The van der Waals surface area contributed by atoms with Gasteiger partial charge in [0.25, 0.3) is 0 Å². The Morgan fingerprint density at radius 3 is 2.46 bits per heavy atom. The fourth-order valence-corrected chi connectivity index (χ4v) is 3.59. The quantitative estimate of drug-likeness (QED) is 0.647. The van der Waals surface area contributed by atoms with Gasteiger partial charge >= 0.3 is 0 Å². The van der Waals surface area contributed by atoms with Gasteiger partial charge in [-0.25, -0.2) is 0 Å². The Morgan fingerprint density at radius 2 is 1.77 bits per heavy atom. The van der Waals surface area contributed by atoms with Gasteiger partial charge in [-0.1, -0.05) is 48.0 Å². The van der Waals surface area contributed by atoms with E-state index in [0.29, 0.717) is 19.2 Å². The molecule has 4 N–H and O–H groups in total. The molecule has 0 amide bonds. The van der Waals surface area contributed by atoms with E-state index in [-0.39, 0.29) is 0 Å². The number of rotatable bonds is 8. The van der Waals surface area contributed by atoms with Crippen molar-refractivity contribution < 1.29 is 20.1 Å². The molecular weight excluding hydrogens is 324 g/mol. The molecule has 3 rings (SSSR count). The van der Waals surface area contributed by atoms with E-state index in [1.165, 1.54) is 37.1 Å². The minimum atomic E-state index is -0.425. The average Bonchev–Trinajstić information content (AvgIpc) is 2.68. The van der Waals surface area contributed by atoms with Crippen molar-refractivity contribution in [3.05, 3.63) is 65.7 Å². The van der Waals surface area contributed by atoms with Gasteiger partial charge in [0.05, 0.1) is 19.1 Å². The van der Waals surface area contributed by atoms with E-state index in [9.17, 15) is 5.11 Å². The second kappa shape index (κ2) is 9.72. The summed E-state index contributed by atoms with van der Waals surface area (Å²) >= 11 is 0. The minimum Gasteiger partial charge on any atom is -0.491 e. The van der Waals surface area contributed by atoms with Crippen LogP contribution in [-0.2, 0) is 6.54 Å².